The lowest BCUT2D eigenvalue weighted by Gasteiger charge is -2.00. The lowest BCUT2D eigenvalue weighted by Crippen LogP contribution is -1.87. The van der Waals surface area contributed by atoms with Crippen LogP contribution in [0.4, 0.5) is 5.69 Å². The predicted molar refractivity (Wildman–Crippen MR) is 88.5 cm³/mol. The maximum Gasteiger partial charge on any atom is 0.256 e. The molecule has 1 aromatic heterocycles. The number of fused-ring (bicyclic) bond motifs is 1. The Balaban J connectivity index is 1.46. The van der Waals surface area contributed by atoms with Crippen molar-refractivity contribution >= 4 is 28.5 Å². The highest BCUT2D eigenvalue weighted by Gasteiger charge is 2.06. The van der Waals surface area contributed by atoms with Crippen molar-refractivity contribution in [2.24, 2.45) is 0 Å². The van der Waals surface area contributed by atoms with E-state index in [0.29, 0.717) is 0 Å². The van der Waals surface area contributed by atoms with E-state index < -0.39 is 0 Å². The number of benzene rings is 2. The minimum absolute atomic E-state index is 0.718. The van der Waals surface area contributed by atoms with Gasteiger partial charge in [0.1, 0.15) is 5.52 Å². The van der Waals surface area contributed by atoms with E-state index >= 15 is 0 Å². The molecule has 0 fully saturated rings. The molecule has 4 heteroatoms. The summed E-state index contributed by atoms with van der Waals surface area (Å²) in [7, 11) is 0. The fourth-order valence-electron chi connectivity index (χ4n) is 2.22. The summed E-state index contributed by atoms with van der Waals surface area (Å²) in [5, 5.41) is 0.732. The van der Waals surface area contributed by atoms with Crippen molar-refractivity contribution in [3.63, 3.8) is 0 Å². The van der Waals surface area contributed by atoms with Gasteiger partial charge < -0.3 is 10.2 Å². The molecule has 2 N–H and O–H groups in total. The first kappa shape index (κ1) is 14.0. The summed E-state index contributed by atoms with van der Waals surface area (Å²) in [6, 6.07) is 16.1. The van der Waals surface area contributed by atoms with E-state index in [9.17, 15) is 0 Å². The van der Waals surface area contributed by atoms with Crippen molar-refractivity contribution in [3.05, 3.63) is 54.1 Å². The summed E-state index contributed by atoms with van der Waals surface area (Å²) in [5.41, 5.74) is 9.50. The summed E-state index contributed by atoms with van der Waals surface area (Å²) in [5.74, 6) is 1.02. The number of aromatic nitrogens is 1. The number of oxazole rings is 1. The van der Waals surface area contributed by atoms with Gasteiger partial charge in [0.15, 0.2) is 5.58 Å². The van der Waals surface area contributed by atoms with Gasteiger partial charge in [-0.05, 0) is 43.0 Å². The molecule has 0 atom stereocenters. The Morgan fingerprint density at radius 1 is 1.05 bits per heavy atom. The SMILES string of the molecule is Nc1ccc2oc(SCCCCc3ccccc3)nc2c1. The zero-order chi connectivity index (χ0) is 14.5. The van der Waals surface area contributed by atoms with Gasteiger partial charge >= 0.3 is 0 Å². The molecule has 0 aliphatic heterocycles. The number of rotatable bonds is 6. The summed E-state index contributed by atoms with van der Waals surface area (Å²) in [6.07, 6.45) is 3.47. The van der Waals surface area contributed by atoms with Gasteiger partial charge in [-0.25, -0.2) is 4.98 Å². The number of thioether (sulfide) groups is 1. The van der Waals surface area contributed by atoms with Crippen LogP contribution in [0.25, 0.3) is 11.1 Å². The van der Waals surface area contributed by atoms with Crippen molar-refractivity contribution in [3.8, 4) is 0 Å². The van der Waals surface area contributed by atoms with E-state index in [0.717, 1.165) is 40.6 Å². The van der Waals surface area contributed by atoms with Gasteiger partial charge in [-0.1, -0.05) is 42.1 Å². The second-order valence-corrected chi connectivity index (χ2v) is 6.04. The van der Waals surface area contributed by atoms with Crippen molar-refractivity contribution in [1.29, 1.82) is 0 Å². The van der Waals surface area contributed by atoms with Crippen LogP contribution in [0, 0.1) is 0 Å². The first-order valence-corrected chi connectivity index (χ1v) is 8.12. The second-order valence-electron chi connectivity index (χ2n) is 5.00. The van der Waals surface area contributed by atoms with Crippen LogP contribution in [-0.4, -0.2) is 10.7 Å². The number of anilines is 1. The van der Waals surface area contributed by atoms with Crippen LogP contribution in [0.3, 0.4) is 0 Å². The smallest absolute Gasteiger partial charge is 0.256 e. The third-order valence-corrected chi connectivity index (χ3v) is 4.23. The molecule has 0 spiro atoms. The van der Waals surface area contributed by atoms with E-state index in [4.69, 9.17) is 10.2 Å². The van der Waals surface area contributed by atoms with Crippen LogP contribution in [0.15, 0.2) is 58.2 Å². The molecule has 1 heterocycles. The van der Waals surface area contributed by atoms with Crippen molar-refractivity contribution in [1.82, 2.24) is 4.98 Å². The van der Waals surface area contributed by atoms with Crippen molar-refractivity contribution in [2.75, 3.05) is 11.5 Å². The van der Waals surface area contributed by atoms with Gasteiger partial charge in [0.05, 0.1) is 0 Å². The Kier molecular flexibility index (Phi) is 4.46. The van der Waals surface area contributed by atoms with E-state index in [1.807, 2.05) is 18.2 Å². The highest BCUT2D eigenvalue weighted by atomic mass is 32.2. The Morgan fingerprint density at radius 3 is 2.76 bits per heavy atom. The number of hydrogen-bond acceptors (Lipinski definition) is 4. The quantitative estimate of drug-likeness (QED) is 0.413. The first-order valence-electron chi connectivity index (χ1n) is 7.14. The largest absolute Gasteiger partial charge is 0.431 e. The molecule has 21 heavy (non-hydrogen) atoms. The van der Waals surface area contributed by atoms with Crippen LogP contribution in [-0.2, 0) is 6.42 Å². The Morgan fingerprint density at radius 2 is 1.90 bits per heavy atom. The zero-order valence-corrected chi connectivity index (χ0v) is 12.6. The number of hydrogen-bond donors (Lipinski definition) is 1. The predicted octanol–water partition coefficient (Wildman–Crippen LogP) is 4.53. The molecule has 0 saturated carbocycles. The lowest BCUT2D eigenvalue weighted by molar-refractivity contribution is 0.489. The molecule has 0 radical (unpaired) electrons. The number of nitrogens with two attached hydrogens (primary N) is 1. The van der Waals surface area contributed by atoms with Crippen LogP contribution >= 0.6 is 11.8 Å². The molecule has 0 bridgehead atoms. The Bertz CT molecular complexity index is 709. The minimum atomic E-state index is 0.718. The molecule has 108 valence electrons. The second kappa shape index (κ2) is 6.68. The third-order valence-electron chi connectivity index (χ3n) is 3.32. The standard InChI is InChI=1S/C17H18N2OS/c18-14-9-10-16-15(12-14)19-17(20-16)21-11-5-4-8-13-6-2-1-3-7-13/h1-3,6-7,9-10,12H,4-5,8,11,18H2. The molecule has 0 aliphatic rings. The van der Waals surface area contributed by atoms with E-state index in [1.165, 1.54) is 12.0 Å². The minimum Gasteiger partial charge on any atom is -0.431 e. The summed E-state index contributed by atoms with van der Waals surface area (Å²) in [4.78, 5) is 4.45. The number of nitrogens with zero attached hydrogens (tertiary/aromatic N) is 1. The zero-order valence-electron chi connectivity index (χ0n) is 11.8. The van der Waals surface area contributed by atoms with Crippen LogP contribution in [0.2, 0.25) is 0 Å². The molecule has 3 rings (SSSR count). The fourth-order valence-corrected chi connectivity index (χ4v) is 3.06. The summed E-state index contributed by atoms with van der Waals surface area (Å²) in [6.45, 7) is 0. The molecular formula is C17H18N2OS. The number of nitrogen functional groups attached to an aromatic ring is 1. The van der Waals surface area contributed by atoms with Crippen molar-refractivity contribution in [2.45, 2.75) is 24.5 Å². The van der Waals surface area contributed by atoms with Gasteiger partial charge in [0.25, 0.3) is 5.22 Å². The normalized spacial score (nSPS) is 11.0. The molecule has 0 aliphatic carbocycles. The maximum absolute atomic E-state index is 5.74. The van der Waals surface area contributed by atoms with E-state index in [2.05, 4.69) is 35.3 Å². The molecule has 0 saturated heterocycles. The summed E-state index contributed by atoms with van der Waals surface area (Å²) >= 11 is 1.67. The Hall–Kier alpha value is -1.94. The maximum atomic E-state index is 5.74. The average Bonchev–Trinajstić information content (AvgIpc) is 2.90. The molecule has 3 nitrogen and oxygen atoms in total. The van der Waals surface area contributed by atoms with E-state index in [1.54, 1.807) is 11.8 Å². The molecule has 2 aromatic carbocycles. The van der Waals surface area contributed by atoms with Gasteiger partial charge in [0.2, 0.25) is 0 Å². The Labute approximate surface area is 128 Å². The highest BCUT2D eigenvalue weighted by Crippen LogP contribution is 2.25. The number of aryl methyl sites for hydroxylation is 1. The third kappa shape index (κ3) is 3.79. The number of unbranched alkanes of at least 4 members (excludes halogenated alkanes) is 1. The highest BCUT2D eigenvalue weighted by molar-refractivity contribution is 7.99. The fraction of sp³-hybridized carbons (Fsp3) is 0.235. The van der Waals surface area contributed by atoms with Gasteiger partial charge in [-0.3, -0.25) is 0 Å². The average molecular weight is 298 g/mol. The summed E-state index contributed by atoms with van der Waals surface area (Å²) < 4.78 is 5.68. The topological polar surface area (TPSA) is 52.0 Å². The van der Waals surface area contributed by atoms with Crippen LogP contribution in [0.1, 0.15) is 18.4 Å². The first-order chi connectivity index (χ1) is 10.3. The monoisotopic (exact) mass is 298 g/mol. The van der Waals surface area contributed by atoms with Crippen LogP contribution < -0.4 is 5.73 Å². The van der Waals surface area contributed by atoms with Crippen molar-refractivity contribution < 1.29 is 4.42 Å². The molecule has 3 aromatic rings. The molecule has 0 unspecified atom stereocenters. The molecular weight excluding hydrogens is 280 g/mol. The van der Waals surface area contributed by atoms with E-state index in [-0.39, 0.29) is 0 Å². The lowest BCUT2D eigenvalue weighted by atomic mass is 10.1. The molecule has 0 amide bonds. The van der Waals surface area contributed by atoms with Crippen LogP contribution in [0.5, 0.6) is 0 Å². The van der Waals surface area contributed by atoms with Gasteiger partial charge in [-0.2, -0.15) is 0 Å². The van der Waals surface area contributed by atoms with Gasteiger partial charge in [-0.15, -0.1) is 0 Å². The van der Waals surface area contributed by atoms with Gasteiger partial charge in [0, 0.05) is 11.4 Å².